The Morgan fingerprint density at radius 2 is 2.14 bits per heavy atom. The minimum absolute atomic E-state index is 0.161. The number of rotatable bonds is 3. The Kier molecular flexibility index (Phi) is 3.81. The Morgan fingerprint density at radius 3 is 2.81 bits per heavy atom. The summed E-state index contributed by atoms with van der Waals surface area (Å²) in [6.07, 6.45) is 3.51. The van der Waals surface area contributed by atoms with E-state index in [1.165, 1.54) is 0 Å². The third-order valence-electron chi connectivity index (χ3n) is 3.77. The van der Waals surface area contributed by atoms with E-state index < -0.39 is 0 Å². The first-order chi connectivity index (χ1) is 10.2. The molecule has 0 unspecified atom stereocenters. The zero-order valence-corrected chi connectivity index (χ0v) is 11.9. The summed E-state index contributed by atoms with van der Waals surface area (Å²) in [7, 11) is 0. The van der Waals surface area contributed by atoms with Crippen molar-refractivity contribution < 1.29 is 4.79 Å². The summed E-state index contributed by atoms with van der Waals surface area (Å²) in [5, 5.41) is 14.7. The fourth-order valence-electron chi connectivity index (χ4n) is 2.59. The third kappa shape index (κ3) is 3.18. The van der Waals surface area contributed by atoms with Gasteiger partial charge in [0.2, 0.25) is 5.91 Å². The van der Waals surface area contributed by atoms with Crippen LogP contribution in [0.1, 0.15) is 19.8 Å². The van der Waals surface area contributed by atoms with Crippen LogP contribution in [-0.2, 0) is 4.79 Å². The first-order valence-electron chi connectivity index (χ1n) is 7.08. The Bertz CT molecular complexity index is 604. The highest BCUT2D eigenvalue weighted by molar-refractivity contribution is 5.73. The quantitative estimate of drug-likeness (QED) is 0.914. The standard InChI is InChI=1S/C14H18N6O/c1-11(21)19-7-5-12(6-8-19)16-13-3-2-4-14(9-13)20-10-15-17-18-20/h2-4,9-10,12,16H,5-8H2,1H3. The van der Waals surface area contributed by atoms with Crippen molar-refractivity contribution in [1.82, 2.24) is 25.1 Å². The van der Waals surface area contributed by atoms with E-state index in [1.54, 1.807) is 17.9 Å². The molecule has 0 saturated carbocycles. The van der Waals surface area contributed by atoms with Crippen molar-refractivity contribution in [2.24, 2.45) is 0 Å². The number of nitrogens with one attached hydrogen (secondary N) is 1. The minimum atomic E-state index is 0.161. The fraction of sp³-hybridized carbons (Fsp3) is 0.429. The van der Waals surface area contributed by atoms with Crippen LogP contribution in [0.5, 0.6) is 0 Å². The first kappa shape index (κ1) is 13.5. The number of hydrogen-bond donors (Lipinski definition) is 1. The lowest BCUT2D eigenvalue weighted by Gasteiger charge is -2.32. The topological polar surface area (TPSA) is 75.9 Å². The number of amides is 1. The molecule has 1 aromatic carbocycles. The molecule has 1 saturated heterocycles. The van der Waals surface area contributed by atoms with E-state index in [1.807, 2.05) is 29.2 Å². The fourth-order valence-corrected chi connectivity index (χ4v) is 2.59. The molecule has 0 radical (unpaired) electrons. The molecule has 7 nitrogen and oxygen atoms in total. The Hall–Kier alpha value is -2.44. The van der Waals surface area contributed by atoms with Crippen LogP contribution >= 0.6 is 0 Å². The average molecular weight is 286 g/mol. The molecular formula is C14H18N6O. The van der Waals surface area contributed by atoms with Crippen molar-refractivity contribution in [2.75, 3.05) is 18.4 Å². The van der Waals surface area contributed by atoms with Crippen molar-refractivity contribution in [3.05, 3.63) is 30.6 Å². The van der Waals surface area contributed by atoms with E-state index in [4.69, 9.17) is 0 Å². The van der Waals surface area contributed by atoms with Crippen molar-refractivity contribution in [3.63, 3.8) is 0 Å². The van der Waals surface area contributed by atoms with Gasteiger partial charge in [-0.3, -0.25) is 4.79 Å². The molecule has 1 amide bonds. The van der Waals surface area contributed by atoms with Gasteiger partial charge in [0.15, 0.2) is 0 Å². The maximum Gasteiger partial charge on any atom is 0.219 e. The van der Waals surface area contributed by atoms with Gasteiger partial charge in [-0.1, -0.05) is 6.07 Å². The second-order valence-corrected chi connectivity index (χ2v) is 5.23. The van der Waals surface area contributed by atoms with E-state index >= 15 is 0 Å². The number of likely N-dealkylation sites (tertiary alicyclic amines) is 1. The van der Waals surface area contributed by atoms with Crippen molar-refractivity contribution in [1.29, 1.82) is 0 Å². The van der Waals surface area contributed by atoms with E-state index in [9.17, 15) is 4.79 Å². The summed E-state index contributed by atoms with van der Waals surface area (Å²) in [4.78, 5) is 13.2. The molecule has 2 heterocycles. The minimum Gasteiger partial charge on any atom is -0.382 e. The predicted octanol–water partition coefficient (Wildman–Crippen LogP) is 1.09. The van der Waals surface area contributed by atoms with Gasteiger partial charge < -0.3 is 10.2 Å². The number of carbonyl (C=O) groups excluding carboxylic acids is 1. The molecule has 0 aliphatic carbocycles. The molecule has 3 rings (SSSR count). The van der Waals surface area contributed by atoms with Crippen LogP contribution in [0.3, 0.4) is 0 Å². The maximum absolute atomic E-state index is 11.3. The van der Waals surface area contributed by atoms with Crippen LogP contribution in [-0.4, -0.2) is 50.1 Å². The van der Waals surface area contributed by atoms with Gasteiger partial charge in [-0.15, -0.1) is 5.10 Å². The zero-order chi connectivity index (χ0) is 14.7. The smallest absolute Gasteiger partial charge is 0.219 e. The maximum atomic E-state index is 11.3. The van der Waals surface area contributed by atoms with Crippen molar-refractivity contribution >= 4 is 11.6 Å². The molecule has 0 bridgehead atoms. The summed E-state index contributed by atoms with van der Waals surface area (Å²) in [5.74, 6) is 0.161. The Morgan fingerprint density at radius 1 is 1.33 bits per heavy atom. The molecule has 1 aliphatic rings. The van der Waals surface area contributed by atoms with Crippen LogP contribution in [0.4, 0.5) is 5.69 Å². The molecule has 21 heavy (non-hydrogen) atoms. The number of piperidine rings is 1. The molecule has 1 aromatic heterocycles. The van der Waals surface area contributed by atoms with Gasteiger partial charge >= 0.3 is 0 Å². The lowest BCUT2D eigenvalue weighted by molar-refractivity contribution is -0.129. The largest absolute Gasteiger partial charge is 0.382 e. The Balaban J connectivity index is 1.64. The summed E-state index contributed by atoms with van der Waals surface area (Å²) in [6.45, 7) is 3.27. The van der Waals surface area contributed by atoms with Gasteiger partial charge in [-0.25, -0.2) is 4.68 Å². The number of carbonyl (C=O) groups is 1. The second-order valence-electron chi connectivity index (χ2n) is 5.23. The van der Waals surface area contributed by atoms with Gasteiger partial charge in [0.1, 0.15) is 6.33 Å². The SMILES string of the molecule is CC(=O)N1CCC(Nc2cccc(-n3cnnn3)c2)CC1. The number of hydrogen-bond acceptors (Lipinski definition) is 5. The molecule has 1 fully saturated rings. The summed E-state index contributed by atoms with van der Waals surface area (Å²) in [6, 6.07) is 8.38. The zero-order valence-electron chi connectivity index (χ0n) is 11.9. The molecule has 7 heteroatoms. The van der Waals surface area contributed by atoms with Crippen molar-refractivity contribution in [2.45, 2.75) is 25.8 Å². The summed E-state index contributed by atoms with van der Waals surface area (Å²) in [5.41, 5.74) is 1.97. The molecular weight excluding hydrogens is 268 g/mol. The van der Waals surface area contributed by atoms with Crippen LogP contribution in [0, 0.1) is 0 Å². The number of tetrazole rings is 1. The van der Waals surface area contributed by atoms with Crippen molar-refractivity contribution in [3.8, 4) is 5.69 Å². The lowest BCUT2D eigenvalue weighted by Crippen LogP contribution is -2.41. The highest BCUT2D eigenvalue weighted by Gasteiger charge is 2.20. The second kappa shape index (κ2) is 5.90. The highest BCUT2D eigenvalue weighted by Crippen LogP contribution is 2.19. The number of anilines is 1. The van der Waals surface area contributed by atoms with E-state index in [0.717, 1.165) is 37.3 Å². The van der Waals surface area contributed by atoms with Gasteiger partial charge in [-0.05, 0) is 41.5 Å². The molecule has 2 aromatic rings. The molecule has 0 spiro atoms. The average Bonchev–Trinajstić information content (AvgIpc) is 3.02. The van der Waals surface area contributed by atoms with Crippen LogP contribution in [0.15, 0.2) is 30.6 Å². The Labute approximate surface area is 122 Å². The normalized spacial score (nSPS) is 16.0. The third-order valence-corrected chi connectivity index (χ3v) is 3.77. The summed E-state index contributed by atoms with van der Waals surface area (Å²) >= 11 is 0. The lowest BCUT2D eigenvalue weighted by atomic mass is 10.0. The van der Waals surface area contributed by atoms with Crippen LogP contribution in [0.25, 0.3) is 5.69 Å². The van der Waals surface area contributed by atoms with Gasteiger partial charge in [0.05, 0.1) is 5.69 Å². The molecule has 0 atom stereocenters. The van der Waals surface area contributed by atoms with Gasteiger partial charge in [0, 0.05) is 31.7 Å². The highest BCUT2D eigenvalue weighted by atomic mass is 16.2. The molecule has 1 aliphatic heterocycles. The van der Waals surface area contributed by atoms with E-state index in [-0.39, 0.29) is 5.91 Å². The predicted molar refractivity (Wildman–Crippen MR) is 78.1 cm³/mol. The number of aromatic nitrogens is 4. The van der Waals surface area contributed by atoms with Crippen LogP contribution in [0.2, 0.25) is 0 Å². The van der Waals surface area contributed by atoms with E-state index in [0.29, 0.717) is 6.04 Å². The van der Waals surface area contributed by atoms with Gasteiger partial charge in [-0.2, -0.15) is 0 Å². The first-order valence-corrected chi connectivity index (χ1v) is 7.08. The monoisotopic (exact) mass is 286 g/mol. The van der Waals surface area contributed by atoms with Gasteiger partial charge in [0.25, 0.3) is 0 Å². The molecule has 1 N–H and O–H groups in total. The summed E-state index contributed by atoms with van der Waals surface area (Å²) < 4.78 is 1.63. The van der Waals surface area contributed by atoms with Crippen LogP contribution < -0.4 is 5.32 Å². The van der Waals surface area contributed by atoms with E-state index in [2.05, 4.69) is 20.8 Å². The molecule has 110 valence electrons. The number of nitrogens with zero attached hydrogens (tertiary/aromatic N) is 5. The number of benzene rings is 1.